The fourth-order valence-electron chi connectivity index (χ4n) is 2.28. The molecule has 18 heavy (non-hydrogen) atoms. The SMILES string of the molecule is CCCCN=C1CCN(C)P(N(CC)CC)N1C. The van der Waals surface area contributed by atoms with Crippen LogP contribution in [0.4, 0.5) is 0 Å². The maximum atomic E-state index is 4.80. The molecule has 0 amide bonds. The molecular formula is C13H29N4P. The molecule has 1 aliphatic heterocycles. The molecule has 1 aliphatic rings. The van der Waals surface area contributed by atoms with E-state index in [1.807, 2.05) is 0 Å². The van der Waals surface area contributed by atoms with Gasteiger partial charge < -0.3 is 4.67 Å². The Labute approximate surface area is 114 Å². The van der Waals surface area contributed by atoms with E-state index in [9.17, 15) is 0 Å². The van der Waals surface area contributed by atoms with Gasteiger partial charge in [0, 0.05) is 39.6 Å². The summed E-state index contributed by atoms with van der Waals surface area (Å²) in [6.45, 7) is 11.1. The van der Waals surface area contributed by atoms with Crippen molar-refractivity contribution in [2.24, 2.45) is 4.99 Å². The van der Waals surface area contributed by atoms with Crippen LogP contribution in [0.1, 0.15) is 40.0 Å². The summed E-state index contributed by atoms with van der Waals surface area (Å²) in [4.78, 5) is 4.80. The van der Waals surface area contributed by atoms with Gasteiger partial charge >= 0.3 is 0 Å². The summed E-state index contributed by atoms with van der Waals surface area (Å²) >= 11 is 0. The Kier molecular flexibility index (Phi) is 7.13. The minimum Gasteiger partial charge on any atom is -0.317 e. The monoisotopic (exact) mass is 272 g/mol. The molecule has 0 saturated carbocycles. The first-order chi connectivity index (χ1) is 8.65. The number of unbranched alkanes of at least 4 members (excludes halogenated alkanes) is 1. The van der Waals surface area contributed by atoms with E-state index >= 15 is 0 Å². The summed E-state index contributed by atoms with van der Waals surface area (Å²) in [6.07, 6.45) is 3.53. The second-order valence-electron chi connectivity index (χ2n) is 4.71. The minimum absolute atomic E-state index is 0.349. The average Bonchev–Trinajstić information content (AvgIpc) is 2.37. The Morgan fingerprint density at radius 1 is 1.22 bits per heavy atom. The van der Waals surface area contributed by atoms with E-state index in [1.54, 1.807) is 0 Å². The number of amidine groups is 1. The second kappa shape index (κ2) is 8.08. The first-order valence-electron chi connectivity index (χ1n) is 7.18. The highest BCUT2D eigenvalue weighted by molar-refractivity contribution is 7.51. The first kappa shape index (κ1) is 15.9. The summed E-state index contributed by atoms with van der Waals surface area (Å²) in [6, 6.07) is 0. The van der Waals surface area contributed by atoms with Crippen molar-refractivity contribution in [2.45, 2.75) is 40.0 Å². The van der Waals surface area contributed by atoms with E-state index in [2.05, 4.69) is 48.9 Å². The number of hydrogen-bond acceptors (Lipinski definition) is 3. The Morgan fingerprint density at radius 2 is 1.89 bits per heavy atom. The molecule has 5 heteroatoms. The quantitative estimate of drug-likeness (QED) is 0.548. The lowest BCUT2D eigenvalue weighted by atomic mass is 10.3. The van der Waals surface area contributed by atoms with Gasteiger partial charge in [-0.3, -0.25) is 14.3 Å². The normalized spacial score (nSPS) is 24.2. The molecule has 0 spiro atoms. The van der Waals surface area contributed by atoms with Crippen LogP contribution in [0, 0.1) is 0 Å². The molecule has 1 rings (SSSR count). The molecule has 0 N–H and O–H groups in total. The summed E-state index contributed by atoms with van der Waals surface area (Å²) in [7, 11) is 4.10. The maximum absolute atomic E-state index is 4.80. The number of aliphatic imine (C=N–C) groups is 1. The highest BCUT2D eigenvalue weighted by Crippen LogP contribution is 2.48. The van der Waals surface area contributed by atoms with E-state index in [0.29, 0.717) is 0 Å². The van der Waals surface area contributed by atoms with Gasteiger partial charge in [0.15, 0.2) is 0 Å². The maximum Gasteiger partial charge on any atom is 0.149 e. The molecule has 106 valence electrons. The minimum atomic E-state index is -0.349. The molecule has 0 radical (unpaired) electrons. The van der Waals surface area contributed by atoms with Crippen LogP contribution in [0.25, 0.3) is 0 Å². The molecular weight excluding hydrogens is 243 g/mol. The number of hydrogen-bond donors (Lipinski definition) is 0. The lowest BCUT2D eigenvalue weighted by Gasteiger charge is -2.46. The predicted molar refractivity (Wildman–Crippen MR) is 82.1 cm³/mol. The fraction of sp³-hybridized carbons (Fsp3) is 0.923. The van der Waals surface area contributed by atoms with E-state index in [0.717, 1.165) is 32.6 Å². The largest absolute Gasteiger partial charge is 0.317 e. The Balaban J connectivity index is 2.73. The third kappa shape index (κ3) is 3.91. The van der Waals surface area contributed by atoms with Gasteiger partial charge in [-0.05, 0) is 13.5 Å². The Bertz CT molecular complexity index is 266. The zero-order chi connectivity index (χ0) is 13.5. The van der Waals surface area contributed by atoms with Gasteiger partial charge in [-0.1, -0.05) is 27.2 Å². The molecule has 0 aromatic heterocycles. The van der Waals surface area contributed by atoms with Crippen LogP contribution < -0.4 is 0 Å². The van der Waals surface area contributed by atoms with E-state index in [1.165, 1.54) is 18.7 Å². The van der Waals surface area contributed by atoms with Crippen LogP contribution in [0.2, 0.25) is 0 Å². The molecule has 0 aromatic carbocycles. The number of rotatable bonds is 6. The van der Waals surface area contributed by atoms with Gasteiger partial charge in [0.25, 0.3) is 0 Å². The third-order valence-corrected chi connectivity index (χ3v) is 6.05. The van der Waals surface area contributed by atoms with Crippen LogP contribution in [-0.4, -0.2) is 60.1 Å². The van der Waals surface area contributed by atoms with Crippen LogP contribution in [0.3, 0.4) is 0 Å². The predicted octanol–water partition coefficient (Wildman–Crippen LogP) is 3.02. The molecule has 4 nitrogen and oxygen atoms in total. The van der Waals surface area contributed by atoms with Gasteiger partial charge in [-0.2, -0.15) is 0 Å². The molecule has 1 unspecified atom stereocenters. The topological polar surface area (TPSA) is 22.1 Å². The van der Waals surface area contributed by atoms with Gasteiger partial charge in [0.2, 0.25) is 0 Å². The summed E-state index contributed by atoms with van der Waals surface area (Å²) in [5.74, 6) is 1.31. The van der Waals surface area contributed by atoms with Crippen molar-refractivity contribution in [1.29, 1.82) is 0 Å². The van der Waals surface area contributed by atoms with Gasteiger partial charge in [-0.15, -0.1) is 0 Å². The van der Waals surface area contributed by atoms with Gasteiger partial charge in [0.05, 0.1) is 0 Å². The van der Waals surface area contributed by atoms with Crippen molar-refractivity contribution in [3.05, 3.63) is 0 Å². The summed E-state index contributed by atoms with van der Waals surface area (Å²) < 4.78 is 7.45. The standard InChI is InChI=1S/C13H29N4P/c1-6-9-11-14-13-10-12-15(4)18(16(13)5)17(7-2)8-3/h6-12H2,1-5H3. The number of nitrogens with zero attached hydrogens (tertiary/aromatic N) is 4. The van der Waals surface area contributed by atoms with Crippen molar-refractivity contribution < 1.29 is 0 Å². The van der Waals surface area contributed by atoms with Crippen LogP contribution >= 0.6 is 8.37 Å². The lowest BCUT2D eigenvalue weighted by Crippen LogP contribution is -2.42. The molecule has 1 fully saturated rings. The molecule has 0 bridgehead atoms. The van der Waals surface area contributed by atoms with Crippen molar-refractivity contribution in [3.8, 4) is 0 Å². The molecule has 1 atom stereocenters. The average molecular weight is 272 g/mol. The van der Waals surface area contributed by atoms with E-state index < -0.39 is 0 Å². The lowest BCUT2D eigenvalue weighted by molar-refractivity contribution is 0.396. The summed E-state index contributed by atoms with van der Waals surface area (Å²) in [5, 5.41) is 0. The second-order valence-corrected chi connectivity index (χ2v) is 7.10. The molecule has 1 heterocycles. The molecule has 0 aromatic rings. The first-order valence-corrected chi connectivity index (χ1v) is 8.38. The smallest absolute Gasteiger partial charge is 0.149 e. The van der Waals surface area contributed by atoms with Crippen molar-refractivity contribution in [3.63, 3.8) is 0 Å². The highest BCUT2D eigenvalue weighted by Gasteiger charge is 2.31. The Morgan fingerprint density at radius 3 is 2.44 bits per heavy atom. The fourth-order valence-corrected chi connectivity index (χ4v) is 4.70. The van der Waals surface area contributed by atoms with Crippen molar-refractivity contribution in [1.82, 2.24) is 14.0 Å². The van der Waals surface area contributed by atoms with E-state index in [4.69, 9.17) is 4.99 Å². The van der Waals surface area contributed by atoms with Crippen LogP contribution in [-0.2, 0) is 0 Å². The van der Waals surface area contributed by atoms with Crippen molar-refractivity contribution in [2.75, 3.05) is 40.3 Å². The van der Waals surface area contributed by atoms with Crippen LogP contribution in [0.15, 0.2) is 4.99 Å². The third-order valence-electron chi connectivity index (χ3n) is 3.40. The molecule has 0 aliphatic carbocycles. The van der Waals surface area contributed by atoms with Crippen molar-refractivity contribution >= 4 is 14.2 Å². The van der Waals surface area contributed by atoms with Gasteiger partial charge in [0.1, 0.15) is 14.2 Å². The van der Waals surface area contributed by atoms with Crippen LogP contribution in [0.5, 0.6) is 0 Å². The highest BCUT2D eigenvalue weighted by atomic mass is 31.2. The Hall–Kier alpha value is -0.180. The van der Waals surface area contributed by atoms with Gasteiger partial charge in [-0.25, -0.2) is 0 Å². The van der Waals surface area contributed by atoms with E-state index in [-0.39, 0.29) is 8.37 Å². The zero-order valence-electron chi connectivity index (χ0n) is 12.7. The zero-order valence-corrected chi connectivity index (χ0v) is 13.6. The summed E-state index contributed by atoms with van der Waals surface area (Å²) in [5.41, 5.74) is 0. The molecule has 1 saturated heterocycles.